The summed E-state index contributed by atoms with van der Waals surface area (Å²) in [6, 6.07) is 2.05. The van der Waals surface area contributed by atoms with Crippen LogP contribution in [0.2, 0.25) is 0 Å². The Hall–Kier alpha value is -0.280. The van der Waals surface area contributed by atoms with Gasteiger partial charge in [-0.25, -0.2) is 0 Å². The molecule has 1 aromatic heterocycles. The molecule has 0 aromatic carbocycles. The average molecular weight is 240 g/mol. The fourth-order valence-electron chi connectivity index (χ4n) is 1.97. The van der Waals surface area contributed by atoms with Crippen molar-refractivity contribution in [1.29, 1.82) is 0 Å². The quantitative estimate of drug-likeness (QED) is 0.802. The Morgan fingerprint density at radius 3 is 2.87 bits per heavy atom. The van der Waals surface area contributed by atoms with Gasteiger partial charge in [-0.3, -0.25) is 4.79 Å². The second kappa shape index (κ2) is 5.71. The minimum atomic E-state index is 0.422. The summed E-state index contributed by atoms with van der Waals surface area (Å²) in [7, 11) is 0. The van der Waals surface area contributed by atoms with E-state index in [0.717, 1.165) is 6.42 Å². The number of hydrogen-bond acceptors (Lipinski definition) is 3. The largest absolute Gasteiger partial charge is 0.299 e. The van der Waals surface area contributed by atoms with Crippen LogP contribution >= 0.6 is 23.1 Å². The smallest absolute Gasteiger partial charge is 0.137 e. The van der Waals surface area contributed by atoms with Crippen LogP contribution < -0.4 is 0 Å². The Kier molecular flexibility index (Phi) is 4.27. The van der Waals surface area contributed by atoms with E-state index >= 15 is 0 Å². The lowest BCUT2D eigenvalue weighted by Gasteiger charge is -2.20. The molecule has 0 bridgehead atoms. The SMILES string of the molecule is O=C(Cc1ccsc1)CC1CCSCC1. The van der Waals surface area contributed by atoms with E-state index in [1.54, 1.807) is 11.3 Å². The van der Waals surface area contributed by atoms with Gasteiger partial charge in [-0.1, -0.05) is 0 Å². The lowest BCUT2D eigenvalue weighted by atomic mass is 9.94. The molecule has 0 N–H and O–H groups in total. The first-order chi connectivity index (χ1) is 7.34. The molecule has 1 fully saturated rings. The van der Waals surface area contributed by atoms with Crippen LogP contribution in [0, 0.1) is 5.92 Å². The van der Waals surface area contributed by atoms with Crippen LogP contribution in [0.15, 0.2) is 16.8 Å². The van der Waals surface area contributed by atoms with Crippen molar-refractivity contribution in [2.45, 2.75) is 25.7 Å². The van der Waals surface area contributed by atoms with Crippen LogP contribution in [0.1, 0.15) is 24.8 Å². The Morgan fingerprint density at radius 1 is 1.40 bits per heavy atom. The predicted octanol–water partition coefficient (Wildman–Crippen LogP) is 3.39. The summed E-state index contributed by atoms with van der Waals surface area (Å²) >= 11 is 3.69. The summed E-state index contributed by atoms with van der Waals surface area (Å²) in [5, 5.41) is 4.12. The summed E-state index contributed by atoms with van der Waals surface area (Å²) in [5.74, 6) is 3.58. The van der Waals surface area contributed by atoms with Gasteiger partial charge >= 0.3 is 0 Å². The predicted molar refractivity (Wildman–Crippen MR) is 67.7 cm³/mol. The van der Waals surface area contributed by atoms with Crippen molar-refractivity contribution in [1.82, 2.24) is 0 Å². The topological polar surface area (TPSA) is 17.1 Å². The molecule has 0 unspecified atom stereocenters. The first kappa shape index (κ1) is 11.2. The summed E-state index contributed by atoms with van der Waals surface area (Å²) < 4.78 is 0. The van der Waals surface area contributed by atoms with Crippen molar-refractivity contribution in [3.63, 3.8) is 0 Å². The van der Waals surface area contributed by atoms with Crippen LogP contribution in [0.5, 0.6) is 0 Å². The highest BCUT2D eigenvalue weighted by Gasteiger charge is 2.17. The maximum atomic E-state index is 11.8. The van der Waals surface area contributed by atoms with Gasteiger partial charge in [0.2, 0.25) is 0 Å². The molecule has 1 saturated heterocycles. The second-order valence-corrected chi connectivity index (χ2v) is 6.11. The minimum absolute atomic E-state index is 0.422. The lowest BCUT2D eigenvalue weighted by molar-refractivity contribution is -0.119. The van der Waals surface area contributed by atoms with Crippen molar-refractivity contribution in [2.75, 3.05) is 11.5 Å². The highest BCUT2D eigenvalue weighted by molar-refractivity contribution is 7.99. The molecular formula is C12H16OS2. The molecule has 0 radical (unpaired) electrons. The second-order valence-electron chi connectivity index (χ2n) is 4.11. The fourth-order valence-corrected chi connectivity index (χ4v) is 3.84. The molecule has 1 aliphatic heterocycles. The molecular weight excluding hydrogens is 224 g/mol. The number of ketones is 1. The Bertz CT molecular complexity index is 299. The van der Waals surface area contributed by atoms with Gasteiger partial charge in [0.15, 0.2) is 0 Å². The molecule has 1 nitrogen and oxygen atoms in total. The number of carbonyl (C=O) groups is 1. The van der Waals surface area contributed by atoms with E-state index in [-0.39, 0.29) is 0 Å². The summed E-state index contributed by atoms with van der Waals surface area (Å²) in [4.78, 5) is 11.8. The lowest BCUT2D eigenvalue weighted by Crippen LogP contribution is -2.15. The van der Waals surface area contributed by atoms with E-state index in [2.05, 4.69) is 11.4 Å². The van der Waals surface area contributed by atoms with Crippen molar-refractivity contribution in [3.05, 3.63) is 22.4 Å². The zero-order valence-electron chi connectivity index (χ0n) is 8.78. The number of carbonyl (C=O) groups excluding carboxylic acids is 1. The monoisotopic (exact) mass is 240 g/mol. The number of rotatable bonds is 4. The molecule has 0 spiro atoms. The standard InChI is InChI=1S/C12H16OS2/c13-12(8-11-3-6-15-9-11)7-10-1-4-14-5-2-10/h3,6,9-10H,1-2,4-5,7-8H2. The first-order valence-corrected chi connectivity index (χ1v) is 7.55. The molecule has 82 valence electrons. The zero-order valence-corrected chi connectivity index (χ0v) is 10.4. The van der Waals surface area contributed by atoms with E-state index in [0.29, 0.717) is 18.1 Å². The molecule has 15 heavy (non-hydrogen) atoms. The van der Waals surface area contributed by atoms with Gasteiger partial charge in [0.25, 0.3) is 0 Å². The first-order valence-electron chi connectivity index (χ1n) is 5.45. The van der Waals surface area contributed by atoms with E-state index in [1.165, 1.54) is 29.9 Å². The molecule has 0 amide bonds. The van der Waals surface area contributed by atoms with Crippen molar-refractivity contribution in [3.8, 4) is 0 Å². The number of thioether (sulfide) groups is 1. The average Bonchev–Trinajstić information content (AvgIpc) is 2.71. The van der Waals surface area contributed by atoms with Gasteiger partial charge in [0.1, 0.15) is 5.78 Å². The molecule has 0 saturated carbocycles. The van der Waals surface area contributed by atoms with Crippen LogP contribution in [-0.2, 0) is 11.2 Å². The van der Waals surface area contributed by atoms with Gasteiger partial charge in [-0.15, -0.1) is 0 Å². The Morgan fingerprint density at radius 2 is 2.20 bits per heavy atom. The molecule has 1 aromatic rings. The third-order valence-electron chi connectivity index (χ3n) is 2.84. The van der Waals surface area contributed by atoms with E-state index in [9.17, 15) is 4.79 Å². The van der Waals surface area contributed by atoms with Crippen LogP contribution in [0.25, 0.3) is 0 Å². The fraction of sp³-hybridized carbons (Fsp3) is 0.583. The molecule has 0 aliphatic carbocycles. The van der Waals surface area contributed by atoms with Gasteiger partial charge in [-0.2, -0.15) is 23.1 Å². The van der Waals surface area contributed by atoms with Gasteiger partial charge in [0.05, 0.1) is 0 Å². The molecule has 1 aliphatic rings. The van der Waals surface area contributed by atoms with Gasteiger partial charge < -0.3 is 0 Å². The molecule has 2 rings (SSSR count). The Labute approximate surface area is 99.3 Å². The van der Waals surface area contributed by atoms with Crippen LogP contribution in [0.4, 0.5) is 0 Å². The van der Waals surface area contributed by atoms with Crippen molar-refractivity contribution < 1.29 is 4.79 Å². The van der Waals surface area contributed by atoms with Crippen LogP contribution in [0.3, 0.4) is 0 Å². The highest BCUT2D eigenvalue weighted by atomic mass is 32.2. The summed E-state index contributed by atoms with van der Waals surface area (Å²) in [5.41, 5.74) is 1.19. The maximum absolute atomic E-state index is 11.8. The van der Waals surface area contributed by atoms with Gasteiger partial charge in [0, 0.05) is 12.8 Å². The maximum Gasteiger partial charge on any atom is 0.137 e. The van der Waals surface area contributed by atoms with Crippen molar-refractivity contribution >= 4 is 28.9 Å². The van der Waals surface area contributed by atoms with Crippen LogP contribution in [-0.4, -0.2) is 17.3 Å². The molecule has 3 heteroatoms. The normalized spacial score (nSPS) is 17.9. The third-order valence-corrected chi connectivity index (χ3v) is 4.62. The number of Topliss-reactive ketones (excluding diaryl/α,β-unsaturated/α-hetero) is 1. The molecule has 0 atom stereocenters. The minimum Gasteiger partial charge on any atom is -0.299 e. The zero-order chi connectivity index (χ0) is 10.5. The third kappa shape index (κ3) is 3.65. The summed E-state index contributed by atoms with van der Waals surface area (Å²) in [6.45, 7) is 0. The summed E-state index contributed by atoms with van der Waals surface area (Å²) in [6.07, 6.45) is 3.92. The van der Waals surface area contributed by atoms with Gasteiger partial charge in [-0.05, 0) is 52.7 Å². The van der Waals surface area contributed by atoms with E-state index in [4.69, 9.17) is 0 Å². The highest BCUT2D eigenvalue weighted by Crippen LogP contribution is 2.25. The Balaban J connectivity index is 1.76. The van der Waals surface area contributed by atoms with Crippen molar-refractivity contribution in [2.24, 2.45) is 5.92 Å². The number of hydrogen-bond donors (Lipinski definition) is 0. The molecule has 2 heterocycles. The van der Waals surface area contributed by atoms with E-state index < -0.39 is 0 Å². The number of thiophene rings is 1. The van der Waals surface area contributed by atoms with E-state index in [1.807, 2.05) is 17.1 Å².